The highest BCUT2D eigenvalue weighted by Gasteiger charge is 2.03. The van der Waals surface area contributed by atoms with Gasteiger partial charge in [-0.1, -0.05) is 6.07 Å². The second-order valence-electron chi connectivity index (χ2n) is 3.47. The van der Waals surface area contributed by atoms with Gasteiger partial charge in [-0.25, -0.2) is 0 Å². The molecule has 1 aromatic rings. The van der Waals surface area contributed by atoms with E-state index >= 15 is 0 Å². The Bertz CT molecular complexity index is 351. The SMILES string of the molecule is C/C(=N/N)c1cc(C)c(C)cc1C. The molecule has 1 aromatic carbocycles. The lowest BCUT2D eigenvalue weighted by Crippen LogP contribution is -2.02. The Morgan fingerprint density at radius 1 is 1.08 bits per heavy atom. The molecule has 13 heavy (non-hydrogen) atoms. The molecule has 2 heteroatoms. The second-order valence-corrected chi connectivity index (χ2v) is 3.47. The van der Waals surface area contributed by atoms with Crippen LogP contribution in [0.2, 0.25) is 0 Å². The average molecular weight is 176 g/mol. The summed E-state index contributed by atoms with van der Waals surface area (Å²) >= 11 is 0. The number of nitrogens with zero attached hydrogens (tertiary/aromatic N) is 1. The largest absolute Gasteiger partial charge is 0.323 e. The number of nitrogens with two attached hydrogens (primary N) is 1. The standard InChI is InChI=1S/C11H16N2/c1-7-5-9(3)11(6-8(7)2)10(4)13-12/h5-6H,12H2,1-4H3/b13-10-. The summed E-state index contributed by atoms with van der Waals surface area (Å²) < 4.78 is 0. The minimum Gasteiger partial charge on any atom is -0.323 e. The molecule has 0 amide bonds. The zero-order valence-corrected chi connectivity index (χ0v) is 8.68. The minimum atomic E-state index is 0.889. The van der Waals surface area contributed by atoms with Crippen LogP contribution in [-0.2, 0) is 0 Å². The molecule has 0 heterocycles. The van der Waals surface area contributed by atoms with Gasteiger partial charge in [-0.3, -0.25) is 0 Å². The van der Waals surface area contributed by atoms with Crippen LogP contribution in [-0.4, -0.2) is 5.71 Å². The fourth-order valence-corrected chi connectivity index (χ4v) is 1.42. The fourth-order valence-electron chi connectivity index (χ4n) is 1.42. The van der Waals surface area contributed by atoms with Gasteiger partial charge in [0.05, 0.1) is 5.71 Å². The molecule has 0 unspecified atom stereocenters. The number of benzene rings is 1. The summed E-state index contributed by atoms with van der Waals surface area (Å²) in [5.41, 5.74) is 5.86. The summed E-state index contributed by atoms with van der Waals surface area (Å²) in [5, 5.41) is 3.71. The Hall–Kier alpha value is -1.31. The van der Waals surface area contributed by atoms with E-state index in [-0.39, 0.29) is 0 Å². The molecule has 2 nitrogen and oxygen atoms in total. The monoisotopic (exact) mass is 176 g/mol. The summed E-state index contributed by atoms with van der Waals surface area (Å²) in [6, 6.07) is 4.30. The predicted octanol–water partition coefficient (Wildman–Crippen LogP) is 2.29. The molecule has 0 aliphatic heterocycles. The van der Waals surface area contributed by atoms with Crippen molar-refractivity contribution in [2.45, 2.75) is 27.7 Å². The quantitative estimate of drug-likeness (QED) is 0.398. The molecular weight excluding hydrogens is 160 g/mol. The lowest BCUT2D eigenvalue weighted by Gasteiger charge is -2.08. The number of rotatable bonds is 1. The van der Waals surface area contributed by atoms with Crippen molar-refractivity contribution in [2.75, 3.05) is 0 Å². The molecule has 0 radical (unpaired) electrons. The van der Waals surface area contributed by atoms with E-state index in [1.807, 2.05) is 6.92 Å². The zero-order valence-electron chi connectivity index (χ0n) is 8.68. The van der Waals surface area contributed by atoms with E-state index in [4.69, 9.17) is 5.84 Å². The molecule has 0 aliphatic rings. The van der Waals surface area contributed by atoms with Crippen LogP contribution in [0.25, 0.3) is 0 Å². The molecule has 0 bridgehead atoms. The first-order chi connectivity index (χ1) is 6.06. The van der Waals surface area contributed by atoms with E-state index in [0.717, 1.165) is 11.3 Å². The highest BCUT2D eigenvalue weighted by molar-refractivity contribution is 6.00. The third-order valence-corrected chi connectivity index (χ3v) is 2.42. The summed E-state index contributed by atoms with van der Waals surface area (Å²) in [7, 11) is 0. The Morgan fingerprint density at radius 3 is 2.15 bits per heavy atom. The Labute approximate surface area is 79.5 Å². The van der Waals surface area contributed by atoms with Gasteiger partial charge in [0.2, 0.25) is 0 Å². The number of aryl methyl sites for hydroxylation is 3. The van der Waals surface area contributed by atoms with Crippen LogP contribution in [0.3, 0.4) is 0 Å². The highest BCUT2D eigenvalue weighted by Crippen LogP contribution is 2.15. The smallest absolute Gasteiger partial charge is 0.0644 e. The maximum atomic E-state index is 5.25. The van der Waals surface area contributed by atoms with Crippen molar-refractivity contribution in [1.82, 2.24) is 0 Å². The third kappa shape index (κ3) is 1.89. The van der Waals surface area contributed by atoms with Gasteiger partial charge >= 0.3 is 0 Å². The lowest BCUT2D eigenvalue weighted by molar-refractivity contribution is 1.22. The van der Waals surface area contributed by atoms with E-state index in [1.54, 1.807) is 0 Å². The molecule has 0 saturated heterocycles. The molecule has 0 saturated carbocycles. The molecule has 0 aromatic heterocycles. The second kappa shape index (κ2) is 3.60. The van der Waals surface area contributed by atoms with Crippen molar-refractivity contribution < 1.29 is 0 Å². The van der Waals surface area contributed by atoms with Gasteiger partial charge < -0.3 is 5.84 Å². The van der Waals surface area contributed by atoms with E-state index < -0.39 is 0 Å². The van der Waals surface area contributed by atoms with Crippen molar-refractivity contribution in [3.63, 3.8) is 0 Å². The first kappa shape index (κ1) is 9.78. The van der Waals surface area contributed by atoms with Crippen LogP contribution < -0.4 is 5.84 Å². The van der Waals surface area contributed by atoms with Crippen molar-refractivity contribution >= 4 is 5.71 Å². The Morgan fingerprint density at radius 2 is 1.62 bits per heavy atom. The van der Waals surface area contributed by atoms with Gasteiger partial charge in [0.1, 0.15) is 0 Å². The molecule has 0 spiro atoms. The summed E-state index contributed by atoms with van der Waals surface area (Å²) in [6.45, 7) is 8.22. The van der Waals surface area contributed by atoms with Crippen molar-refractivity contribution in [3.05, 3.63) is 34.4 Å². The van der Waals surface area contributed by atoms with Gasteiger partial charge in [0.15, 0.2) is 0 Å². The van der Waals surface area contributed by atoms with Gasteiger partial charge in [0, 0.05) is 5.56 Å². The van der Waals surface area contributed by atoms with Crippen LogP contribution in [0, 0.1) is 20.8 Å². The minimum absolute atomic E-state index is 0.889. The van der Waals surface area contributed by atoms with Crippen LogP contribution in [0.4, 0.5) is 0 Å². The number of hydrazone groups is 1. The number of hydrogen-bond donors (Lipinski definition) is 1. The van der Waals surface area contributed by atoms with E-state index in [2.05, 4.69) is 38.0 Å². The molecule has 2 N–H and O–H groups in total. The van der Waals surface area contributed by atoms with E-state index in [1.165, 1.54) is 16.7 Å². The normalized spacial score (nSPS) is 11.8. The fraction of sp³-hybridized carbons (Fsp3) is 0.364. The first-order valence-electron chi connectivity index (χ1n) is 4.39. The van der Waals surface area contributed by atoms with Gasteiger partial charge in [0.25, 0.3) is 0 Å². The first-order valence-corrected chi connectivity index (χ1v) is 4.39. The lowest BCUT2D eigenvalue weighted by atomic mass is 9.98. The van der Waals surface area contributed by atoms with Gasteiger partial charge in [-0.05, 0) is 50.5 Å². The summed E-state index contributed by atoms with van der Waals surface area (Å²) in [6.07, 6.45) is 0. The summed E-state index contributed by atoms with van der Waals surface area (Å²) in [5.74, 6) is 5.25. The Balaban J connectivity index is 3.32. The maximum Gasteiger partial charge on any atom is 0.0644 e. The highest BCUT2D eigenvalue weighted by atomic mass is 15.1. The molecule has 0 atom stereocenters. The third-order valence-electron chi connectivity index (χ3n) is 2.42. The van der Waals surface area contributed by atoms with E-state index in [9.17, 15) is 0 Å². The topological polar surface area (TPSA) is 38.4 Å². The molecule has 0 aliphatic carbocycles. The van der Waals surface area contributed by atoms with Crippen LogP contribution in [0.15, 0.2) is 17.2 Å². The van der Waals surface area contributed by atoms with Crippen LogP contribution >= 0.6 is 0 Å². The molecule has 70 valence electrons. The molecular formula is C11H16N2. The van der Waals surface area contributed by atoms with Gasteiger partial charge in [-0.2, -0.15) is 5.10 Å². The van der Waals surface area contributed by atoms with Crippen molar-refractivity contribution in [2.24, 2.45) is 10.9 Å². The molecule has 1 rings (SSSR count). The zero-order chi connectivity index (χ0) is 10.0. The van der Waals surface area contributed by atoms with Crippen molar-refractivity contribution in [3.8, 4) is 0 Å². The number of hydrogen-bond acceptors (Lipinski definition) is 2. The van der Waals surface area contributed by atoms with Crippen molar-refractivity contribution in [1.29, 1.82) is 0 Å². The van der Waals surface area contributed by atoms with Crippen LogP contribution in [0.5, 0.6) is 0 Å². The molecule has 0 fully saturated rings. The van der Waals surface area contributed by atoms with Crippen LogP contribution in [0.1, 0.15) is 29.2 Å². The van der Waals surface area contributed by atoms with E-state index in [0.29, 0.717) is 0 Å². The Kier molecular flexibility index (Phi) is 2.71. The maximum absolute atomic E-state index is 5.25. The predicted molar refractivity (Wildman–Crippen MR) is 57.1 cm³/mol. The summed E-state index contributed by atoms with van der Waals surface area (Å²) in [4.78, 5) is 0. The average Bonchev–Trinajstić information content (AvgIpc) is 2.10. The van der Waals surface area contributed by atoms with Gasteiger partial charge in [-0.15, -0.1) is 0 Å².